The third-order valence-electron chi connectivity index (χ3n) is 15.6. The summed E-state index contributed by atoms with van der Waals surface area (Å²) in [5.74, 6) is -44.9. The molecule has 112 heavy (non-hydrogen) atoms. The summed E-state index contributed by atoms with van der Waals surface area (Å²) in [4.78, 5) is 111. The zero-order valence-corrected chi connectivity index (χ0v) is 55.5. The van der Waals surface area contributed by atoms with Crippen molar-refractivity contribution >= 4 is 47.8 Å². The van der Waals surface area contributed by atoms with E-state index in [4.69, 9.17) is 52.1 Å². The van der Waals surface area contributed by atoms with Gasteiger partial charge in [0.05, 0.1) is 38.9 Å². The number of aliphatic hydroxyl groups excluding tert-OH is 2. The van der Waals surface area contributed by atoms with Crippen LogP contribution in [0, 0.1) is 0 Å². The second-order valence-corrected chi connectivity index (χ2v) is 23.2. The summed E-state index contributed by atoms with van der Waals surface area (Å²) in [5, 5.41) is 260. The van der Waals surface area contributed by atoms with Crippen LogP contribution < -0.4 is 4.74 Å². The molecule has 44 heteroatoms. The minimum Gasteiger partial charge on any atom is -0.504 e. The largest absolute Gasteiger partial charge is 0.504 e. The Balaban J connectivity index is 1.07. The number of ether oxygens (including phenoxy) is 11. The lowest BCUT2D eigenvalue weighted by Gasteiger charge is -2.42. The predicted octanol–water partition coefficient (Wildman–Crippen LogP) is 2.06. The quantitative estimate of drug-likeness (QED) is 0.0168. The molecule has 9 rings (SSSR count). The number of phenolic OH excluding ortho intramolecular Hbond substituents is 23. The van der Waals surface area contributed by atoms with Crippen molar-refractivity contribution in [1.82, 2.24) is 0 Å². The summed E-state index contributed by atoms with van der Waals surface area (Å²) >= 11 is 0. The van der Waals surface area contributed by atoms with Crippen LogP contribution in [-0.4, -0.2) is 251 Å². The van der Waals surface area contributed by atoms with Gasteiger partial charge in [0.25, 0.3) is 0 Å². The highest BCUT2D eigenvalue weighted by molar-refractivity contribution is 5.97. The number of benzene rings is 8. The molecule has 8 aromatic carbocycles. The summed E-state index contributed by atoms with van der Waals surface area (Å²) in [7, 11) is 0. The molecule has 8 aromatic rings. The number of rotatable bonds is 25. The van der Waals surface area contributed by atoms with Crippen LogP contribution in [0.4, 0.5) is 0 Å². The van der Waals surface area contributed by atoms with E-state index < -0.39 is 312 Å². The fraction of sp³-hybridized carbons (Fsp3) is 0.176. The lowest BCUT2D eigenvalue weighted by molar-refractivity contribution is -0.283. The van der Waals surface area contributed by atoms with Crippen LogP contribution in [0.3, 0.4) is 0 Å². The van der Waals surface area contributed by atoms with Gasteiger partial charge in [0.15, 0.2) is 139 Å². The molecule has 44 nitrogen and oxygen atoms in total. The highest BCUT2D eigenvalue weighted by Gasteiger charge is 2.53. The molecule has 1 aliphatic rings. The van der Waals surface area contributed by atoms with Crippen molar-refractivity contribution in [2.24, 2.45) is 0 Å². The first kappa shape index (κ1) is 80.7. The monoisotopic (exact) mass is 1580 g/mol. The van der Waals surface area contributed by atoms with Crippen LogP contribution in [0.25, 0.3) is 0 Å². The Morgan fingerprint density at radius 3 is 1.04 bits per heavy atom. The van der Waals surface area contributed by atoms with Gasteiger partial charge >= 0.3 is 47.8 Å². The number of carbonyl (C=O) groups excluding carboxylic acids is 8. The lowest BCUT2D eigenvalue weighted by atomic mass is 9.98. The second-order valence-electron chi connectivity index (χ2n) is 23.2. The van der Waals surface area contributed by atoms with Gasteiger partial charge in [-0.15, -0.1) is 0 Å². The molecule has 8 atom stereocenters. The first-order valence-corrected chi connectivity index (χ1v) is 30.8. The molecule has 1 fully saturated rings. The van der Waals surface area contributed by atoms with Crippen LogP contribution in [0.5, 0.6) is 144 Å². The third kappa shape index (κ3) is 17.5. The van der Waals surface area contributed by atoms with Crippen molar-refractivity contribution in [3.63, 3.8) is 0 Å². The molecule has 1 aliphatic heterocycles. The number of carbonyl (C=O) groups is 8. The van der Waals surface area contributed by atoms with Crippen molar-refractivity contribution in [2.45, 2.75) is 49.2 Å². The van der Waals surface area contributed by atoms with Crippen molar-refractivity contribution in [3.8, 4) is 144 Å². The van der Waals surface area contributed by atoms with Crippen molar-refractivity contribution < 1.29 is 218 Å². The van der Waals surface area contributed by atoms with Crippen molar-refractivity contribution in [1.29, 1.82) is 0 Å². The van der Waals surface area contributed by atoms with Crippen LogP contribution in [0.1, 0.15) is 82.9 Å². The van der Waals surface area contributed by atoms with Gasteiger partial charge < -0.3 is 180 Å². The van der Waals surface area contributed by atoms with E-state index in [0.717, 1.165) is 0 Å². The number of hydrogen-bond acceptors (Lipinski definition) is 44. The standard InChI is InChI=1S/C68H56O44/c69-16-46(105-43(17-102-60(94)20-1-28(70)47(84)29(71)2-20)44(107-63(97)23-7-34(76)50(87)35(77)8-23)18-103-61(95)21-3-30(72)48(85)31(73)4-21)109-67(101)27-15-41(83)54(91)56(93)57(27)106-42-14-26(13-40(82)53(42)90)66(100)112-68-59(111-65(99)25-11-38(80)52(89)39(81)12-25)58(110-64(98)24-9-36(78)51(88)37(79)10-24)55(92)45(108-68)19-104-62(96)22-5-32(74)49(86)33(75)6-22/h1-15,43-46,55,58-59,68-93H,16-19H2/t43?,44-,45?,46-,55+,58?,59?,68-/m0/s1. The summed E-state index contributed by atoms with van der Waals surface area (Å²) < 4.78 is 59.8. The van der Waals surface area contributed by atoms with E-state index in [0.29, 0.717) is 84.9 Å². The van der Waals surface area contributed by atoms with E-state index in [1.807, 2.05) is 0 Å². The van der Waals surface area contributed by atoms with Gasteiger partial charge in [0.2, 0.25) is 35.9 Å². The highest BCUT2D eigenvalue weighted by Crippen LogP contribution is 2.50. The molecule has 0 aliphatic carbocycles. The lowest BCUT2D eigenvalue weighted by Crippen LogP contribution is -2.62. The Bertz CT molecular complexity index is 4950. The topological polar surface area (TPSA) is 744 Å². The van der Waals surface area contributed by atoms with E-state index in [1.165, 1.54) is 0 Å². The average molecular weight is 1580 g/mol. The maximum absolute atomic E-state index is 14.6. The van der Waals surface area contributed by atoms with E-state index in [9.17, 15) is 166 Å². The predicted molar refractivity (Wildman–Crippen MR) is 350 cm³/mol. The maximum Gasteiger partial charge on any atom is 0.344 e. The maximum atomic E-state index is 14.6. The number of esters is 8. The molecule has 0 radical (unpaired) electrons. The van der Waals surface area contributed by atoms with E-state index in [-0.39, 0.29) is 6.07 Å². The molecule has 592 valence electrons. The van der Waals surface area contributed by atoms with Gasteiger partial charge in [0, 0.05) is 6.07 Å². The van der Waals surface area contributed by atoms with Crippen LogP contribution in [0.15, 0.2) is 91.0 Å². The van der Waals surface area contributed by atoms with Crippen molar-refractivity contribution in [2.75, 3.05) is 26.4 Å². The molecule has 0 bridgehead atoms. The molecule has 0 amide bonds. The second kappa shape index (κ2) is 32.7. The zero-order chi connectivity index (χ0) is 82.5. The minimum atomic E-state index is -2.75. The SMILES string of the molecule is O=C(OCC1O[C@@H](OC(=O)c2cc(O)c(O)c(Oc3c(C(=O)O[C@@H](CO)OC(COC(=O)c4cc(O)c(O)c(O)c4)[C@H](COC(=O)c4cc(O)c(O)c(O)c4)OC(=O)c4cc(O)c(O)c(O)c4)cc(O)c(O)c3O)c2)C(OC(=O)c2cc(O)c(O)c(O)c2)C(OC(=O)c2cc(O)c(O)c(O)c2)[C@@H]1O)c1cc(O)c(O)c(O)c1. The highest BCUT2D eigenvalue weighted by atomic mass is 16.7. The van der Waals surface area contributed by atoms with Gasteiger partial charge in [-0.1, -0.05) is 0 Å². The van der Waals surface area contributed by atoms with E-state index in [2.05, 4.69) is 0 Å². The Kier molecular flexibility index (Phi) is 23.6. The summed E-state index contributed by atoms with van der Waals surface area (Å²) in [6.45, 7) is -5.75. The third-order valence-corrected chi connectivity index (χ3v) is 15.6. The van der Waals surface area contributed by atoms with Gasteiger partial charge in [-0.05, 0) is 84.9 Å². The van der Waals surface area contributed by atoms with Crippen molar-refractivity contribution in [3.05, 3.63) is 136 Å². The number of aromatic hydroxyl groups is 23. The first-order valence-electron chi connectivity index (χ1n) is 30.8. The molecule has 1 heterocycles. The van der Waals surface area contributed by atoms with Gasteiger partial charge in [0.1, 0.15) is 50.3 Å². The fourth-order valence-electron chi connectivity index (χ4n) is 9.92. The molecule has 25 N–H and O–H groups in total. The van der Waals surface area contributed by atoms with Gasteiger partial charge in [-0.3, -0.25) is 0 Å². The Labute approximate surface area is 619 Å². The smallest absolute Gasteiger partial charge is 0.344 e. The molecule has 1 saturated heterocycles. The zero-order valence-electron chi connectivity index (χ0n) is 55.5. The molecular weight excluding hydrogens is 1520 g/mol. The summed E-state index contributed by atoms with van der Waals surface area (Å²) in [5.41, 5.74) is -7.36. The average Bonchev–Trinajstić information content (AvgIpc) is 0.798. The number of hydrogen-bond donors (Lipinski definition) is 25. The molecule has 0 aromatic heterocycles. The number of aliphatic hydroxyl groups is 2. The summed E-state index contributed by atoms with van der Waals surface area (Å²) in [6, 6.07) is 7.17. The Morgan fingerprint density at radius 2 is 0.652 bits per heavy atom. The molecule has 4 unspecified atom stereocenters. The first-order chi connectivity index (χ1) is 52.7. The van der Waals surface area contributed by atoms with Gasteiger partial charge in [-0.25, -0.2) is 38.4 Å². The van der Waals surface area contributed by atoms with Crippen LogP contribution >= 0.6 is 0 Å². The summed E-state index contributed by atoms with van der Waals surface area (Å²) in [6.07, 6.45) is -20.2. The molecule has 0 saturated carbocycles. The molecule has 0 spiro atoms. The van der Waals surface area contributed by atoms with Crippen LogP contribution in [0.2, 0.25) is 0 Å². The molecular formula is C68H56O44. The number of phenols is 23. The van der Waals surface area contributed by atoms with E-state index in [1.54, 1.807) is 0 Å². The Hall–Kier alpha value is -15.4. The normalized spacial score (nSPS) is 15.9. The fourth-order valence-corrected chi connectivity index (χ4v) is 9.92. The van der Waals surface area contributed by atoms with Gasteiger partial charge in [-0.2, -0.15) is 0 Å². The Morgan fingerprint density at radius 1 is 0.330 bits per heavy atom. The van der Waals surface area contributed by atoms with Crippen LogP contribution in [-0.2, 0) is 47.4 Å². The minimum absolute atomic E-state index is 0.225. The van der Waals surface area contributed by atoms with E-state index >= 15 is 0 Å².